The van der Waals surface area contributed by atoms with Crippen molar-refractivity contribution < 1.29 is 9.90 Å². The molecule has 1 atom stereocenters. The van der Waals surface area contributed by atoms with Gasteiger partial charge in [-0.3, -0.25) is 0 Å². The molecule has 104 valence electrons. The van der Waals surface area contributed by atoms with Gasteiger partial charge in [-0.25, -0.2) is 9.78 Å². The fourth-order valence-electron chi connectivity index (χ4n) is 2.63. The van der Waals surface area contributed by atoms with Crippen molar-refractivity contribution in [3.8, 4) is 0 Å². The first-order valence-corrected chi connectivity index (χ1v) is 7.55. The Balaban J connectivity index is 2.23. The van der Waals surface area contributed by atoms with Crippen LogP contribution in [0.3, 0.4) is 0 Å². The lowest BCUT2D eigenvalue weighted by molar-refractivity contribution is 0.0697. The molecular weight excluding hydrogens is 308 g/mol. The molecule has 1 aromatic heterocycles. The van der Waals surface area contributed by atoms with E-state index in [0.717, 1.165) is 31.8 Å². The van der Waals surface area contributed by atoms with Crippen molar-refractivity contribution in [2.24, 2.45) is 5.92 Å². The Morgan fingerprint density at radius 2 is 2.32 bits per heavy atom. The maximum absolute atomic E-state index is 11.3. The number of carboxylic acids is 1. The van der Waals surface area contributed by atoms with E-state index in [1.54, 1.807) is 12.3 Å². The van der Waals surface area contributed by atoms with E-state index in [9.17, 15) is 9.90 Å². The normalized spacial score (nSPS) is 20.1. The summed E-state index contributed by atoms with van der Waals surface area (Å²) in [5.74, 6) is 0.446. The van der Waals surface area contributed by atoms with E-state index >= 15 is 0 Å². The minimum absolute atomic E-state index is 0.282. The number of aromatic nitrogens is 1. The van der Waals surface area contributed by atoms with Crippen LogP contribution in [0.4, 0.5) is 5.82 Å². The summed E-state index contributed by atoms with van der Waals surface area (Å²) in [6.45, 7) is 4.01. The highest BCUT2D eigenvalue weighted by Crippen LogP contribution is 2.27. The minimum Gasteiger partial charge on any atom is -0.478 e. The first kappa shape index (κ1) is 14.3. The molecule has 1 unspecified atom stereocenters. The first-order valence-electron chi connectivity index (χ1n) is 6.75. The Morgan fingerprint density at radius 3 is 3.00 bits per heavy atom. The number of halogens is 1. The van der Waals surface area contributed by atoms with E-state index in [1.165, 1.54) is 12.8 Å². The van der Waals surface area contributed by atoms with Crippen LogP contribution in [0.2, 0.25) is 0 Å². The van der Waals surface area contributed by atoms with Gasteiger partial charge < -0.3 is 10.0 Å². The quantitative estimate of drug-likeness (QED) is 0.922. The van der Waals surface area contributed by atoms with Gasteiger partial charge in [0.25, 0.3) is 0 Å². The number of aromatic carboxylic acids is 1. The zero-order chi connectivity index (χ0) is 13.8. The zero-order valence-electron chi connectivity index (χ0n) is 11.1. The first-order chi connectivity index (χ1) is 9.11. The molecule has 0 aromatic carbocycles. The van der Waals surface area contributed by atoms with Crippen LogP contribution in [0, 0.1) is 5.92 Å². The molecule has 0 bridgehead atoms. The number of nitrogens with zero attached hydrogens (tertiary/aromatic N) is 2. The van der Waals surface area contributed by atoms with Gasteiger partial charge in [0, 0.05) is 23.8 Å². The van der Waals surface area contributed by atoms with Gasteiger partial charge in [0.05, 0.1) is 0 Å². The number of pyridine rings is 1. The lowest BCUT2D eigenvalue weighted by Crippen LogP contribution is -2.27. The monoisotopic (exact) mass is 326 g/mol. The third kappa shape index (κ3) is 3.47. The van der Waals surface area contributed by atoms with E-state index in [2.05, 4.69) is 32.7 Å². The van der Waals surface area contributed by atoms with Crippen molar-refractivity contribution >= 4 is 27.7 Å². The third-order valence-corrected chi connectivity index (χ3v) is 4.22. The van der Waals surface area contributed by atoms with Gasteiger partial charge in [-0.05, 0) is 47.2 Å². The molecule has 1 fully saturated rings. The van der Waals surface area contributed by atoms with Crippen LogP contribution in [0.15, 0.2) is 16.7 Å². The van der Waals surface area contributed by atoms with Gasteiger partial charge in [0.15, 0.2) is 0 Å². The Labute approximate surface area is 122 Å². The molecule has 2 rings (SSSR count). The molecule has 1 aliphatic rings. The molecule has 0 aliphatic carbocycles. The van der Waals surface area contributed by atoms with Crippen LogP contribution in [0.25, 0.3) is 0 Å². The molecule has 1 aliphatic heterocycles. The van der Waals surface area contributed by atoms with E-state index in [-0.39, 0.29) is 5.56 Å². The Bertz CT molecular complexity index is 465. The van der Waals surface area contributed by atoms with Crippen molar-refractivity contribution in [3.63, 3.8) is 0 Å². The molecule has 1 aromatic rings. The number of carbonyl (C=O) groups is 1. The maximum atomic E-state index is 11.3. The van der Waals surface area contributed by atoms with Crippen LogP contribution in [0.1, 0.15) is 43.0 Å². The highest BCUT2D eigenvalue weighted by Gasteiger charge is 2.21. The molecule has 2 heterocycles. The molecule has 0 radical (unpaired) electrons. The fraction of sp³-hybridized carbons (Fsp3) is 0.571. The summed E-state index contributed by atoms with van der Waals surface area (Å²) in [5.41, 5.74) is 0.282. The van der Waals surface area contributed by atoms with Crippen LogP contribution in [-0.4, -0.2) is 29.1 Å². The Morgan fingerprint density at radius 1 is 1.53 bits per heavy atom. The average Bonchev–Trinajstić information content (AvgIpc) is 2.63. The van der Waals surface area contributed by atoms with E-state index in [4.69, 9.17) is 0 Å². The predicted octanol–water partition coefficient (Wildman–Crippen LogP) is 3.56. The fourth-order valence-corrected chi connectivity index (χ4v) is 2.96. The highest BCUT2D eigenvalue weighted by atomic mass is 79.9. The molecular formula is C14H19BrN2O2. The smallest absolute Gasteiger partial charge is 0.339 e. The summed E-state index contributed by atoms with van der Waals surface area (Å²) < 4.78 is 0.704. The summed E-state index contributed by atoms with van der Waals surface area (Å²) in [6, 6.07) is 1.63. The van der Waals surface area contributed by atoms with Crippen molar-refractivity contribution in [2.45, 2.75) is 32.6 Å². The van der Waals surface area contributed by atoms with E-state index in [0.29, 0.717) is 10.3 Å². The molecule has 1 N–H and O–H groups in total. The average molecular weight is 327 g/mol. The SMILES string of the molecule is CCC1CCCN(c2ncc(Br)cc2C(=O)O)CC1. The van der Waals surface area contributed by atoms with Crippen molar-refractivity contribution in [3.05, 3.63) is 22.3 Å². The van der Waals surface area contributed by atoms with Crippen molar-refractivity contribution in [2.75, 3.05) is 18.0 Å². The zero-order valence-corrected chi connectivity index (χ0v) is 12.7. The molecule has 5 heteroatoms. The Kier molecular flexibility index (Phi) is 4.80. The van der Waals surface area contributed by atoms with Crippen LogP contribution >= 0.6 is 15.9 Å². The lowest BCUT2D eigenvalue weighted by atomic mass is 9.98. The van der Waals surface area contributed by atoms with Crippen LogP contribution < -0.4 is 4.90 Å². The summed E-state index contributed by atoms with van der Waals surface area (Å²) in [6.07, 6.45) is 6.33. The predicted molar refractivity (Wildman–Crippen MR) is 78.7 cm³/mol. The molecule has 19 heavy (non-hydrogen) atoms. The second kappa shape index (κ2) is 6.37. The van der Waals surface area contributed by atoms with Crippen molar-refractivity contribution in [1.82, 2.24) is 4.98 Å². The van der Waals surface area contributed by atoms with Crippen molar-refractivity contribution in [1.29, 1.82) is 0 Å². The third-order valence-electron chi connectivity index (χ3n) is 3.79. The number of rotatable bonds is 3. The Hall–Kier alpha value is -1.10. The number of anilines is 1. The second-order valence-electron chi connectivity index (χ2n) is 5.02. The second-order valence-corrected chi connectivity index (χ2v) is 5.94. The van der Waals surface area contributed by atoms with Gasteiger partial charge in [-0.1, -0.05) is 13.3 Å². The lowest BCUT2D eigenvalue weighted by Gasteiger charge is -2.23. The topological polar surface area (TPSA) is 53.4 Å². The van der Waals surface area contributed by atoms with Gasteiger partial charge >= 0.3 is 5.97 Å². The molecule has 1 saturated heterocycles. The van der Waals surface area contributed by atoms with E-state index in [1.807, 2.05) is 0 Å². The largest absolute Gasteiger partial charge is 0.478 e. The van der Waals surface area contributed by atoms with Crippen LogP contribution in [0.5, 0.6) is 0 Å². The molecule has 4 nitrogen and oxygen atoms in total. The highest BCUT2D eigenvalue weighted by molar-refractivity contribution is 9.10. The van der Waals surface area contributed by atoms with E-state index < -0.39 is 5.97 Å². The summed E-state index contributed by atoms with van der Waals surface area (Å²) in [4.78, 5) is 17.8. The minimum atomic E-state index is -0.917. The number of carboxylic acid groups (broad SMARTS) is 1. The summed E-state index contributed by atoms with van der Waals surface area (Å²) in [7, 11) is 0. The summed E-state index contributed by atoms with van der Waals surface area (Å²) >= 11 is 3.28. The van der Waals surface area contributed by atoms with Gasteiger partial charge in [0.2, 0.25) is 0 Å². The standard InChI is InChI=1S/C14H19BrN2O2/c1-2-10-4-3-6-17(7-5-10)13-12(14(18)19)8-11(15)9-16-13/h8-10H,2-7H2,1H3,(H,18,19). The summed E-state index contributed by atoms with van der Waals surface area (Å²) in [5, 5.41) is 9.30. The van der Waals surface area contributed by atoms with Gasteiger partial charge in [-0.15, -0.1) is 0 Å². The van der Waals surface area contributed by atoms with Crippen LogP contribution in [-0.2, 0) is 0 Å². The molecule has 0 amide bonds. The van der Waals surface area contributed by atoms with Gasteiger partial charge in [0.1, 0.15) is 11.4 Å². The van der Waals surface area contributed by atoms with Gasteiger partial charge in [-0.2, -0.15) is 0 Å². The number of hydrogen-bond donors (Lipinski definition) is 1. The number of hydrogen-bond acceptors (Lipinski definition) is 3. The maximum Gasteiger partial charge on any atom is 0.339 e. The molecule has 0 spiro atoms. The molecule has 0 saturated carbocycles.